The summed E-state index contributed by atoms with van der Waals surface area (Å²) in [6.07, 6.45) is 0. The van der Waals surface area contributed by atoms with Crippen LogP contribution >= 0.6 is 0 Å². The second-order valence-electron chi connectivity index (χ2n) is 5.05. The highest BCUT2D eigenvalue weighted by Crippen LogP contribution is 2.19. The molecule has 1 aromatic heterocycles. The third kappa shape index (κ3) is 2.82. The topological polar surface area (TPSA) is 45.4 Å². The van der Waals surface area contributed by atoms with Gasteiger partial charge in [-0.25, -0.2) is 4.98 Å². The highest BCUT2D eigenvalue weighted by Gasteiger charge is 2.17. The first-order chi connectivity index (χ1) is 8.61. The van der Waals surface area contributed by atoms with Crippen molar-refractivity contribution in [2.24, 2.45) is 5.73 Å². The fraction of sp³-hybridized carbons (Fsp3) is 0.643. The monoisotopic (exact) mass is 248 g/mol. The Morgan fingerprint density at radius 1 is 1.28 bits per heavy atom. The normalized spacial score (nSPS) is 19.0. The summed E-state index contributed by atoms with van der Waals surface area (Å²) in [6, 6.07) is 4.28. The van der Waals surface area contributed by atoms with Crippen LogP contribution in [-0.4, -0.2) is 42.6 Å². The molecule has 1 aliphatic rings. The number of nitrogens with zero attached hydrogens (tertiary/aromatic N) is 3. The lowest BCUT2D eigenvalue weighted by atomic mass is 10.1. The second-order valence-corrected chi connectivity index (χ2v) is 5.05. The lowest BCUT2D eigenvalue weighted by Crippen LogP contribution is -2.46. The molecule has 0 radical (unpaired) electrons. The Balaban J connectivity index is 2.08. The van der Waals surface area contributed by atoms with Crippen LogP contribution in [0.1, 0.15) is 31.1 Å². The van der Waals surface area contributed by atoms with Crippen molar-refractivity contribution >= 4 is 5.82 Å². The van der Waals surface area contributed by atoms with Gasteiger partial charge in [0, 0.05) is 37.9 Å². The Morgan fingerprint density at radius 2 is 1.94 bits per heavy atom. The van der Waals surface area contributed by atoms with Gasteiger partial charge in [-0.15, -0.1) is 0 Å². The van der Waals surface area contributed by atoms with E-state index >= 15 is 0 Å². The number of nitrogens with two attached hydrogens (primary N) is 1. The Morgan fingerprint density at radius 3 is 2.44 bits per heavy atom. The number of pyridine rings is 1. The maximum Gasteiger partial charge on any atom is 0.128 e. The van der Waals surface area contributed by atoms with Crippen molar-refractivity contribution < 1.29 is 0 Å². The van der Waals surface area contributed by atoms with Crippen LogP contribution in [-0.2, 0) is 0 Å². The molecule has 0 unspecified atom stereocenters. The van der Waals surface area contributed by atoms with Gasteiger partial charge in [0.15, 0.2) is 0 Å². The van der Waals surface area contributed by atoms with Gasteiger partial charge in [-0.2, -0.15) is 0 Å². The molecule has 4 nitrogen and oxygen atoms in total. The average molecular weight is 248 g/mol. The fourth-order valence-electron chi connectivity index (χ4n) is 2.51. The van der Waals surface area contributed by atoms with Crippen LogP contribution in [0.2, 0.25) is 0 Å². The first-order valence-electron chi connectivity index (χ1n) is 6.82. The van der Waals surface area contributed by atoms with Gasteiger partial charge in [-0.05, 0) is 32.0 Å². The zero-order valence-corrected chi connectivity index (χ0v) is 11.7. The molecular weight excluding hydrogens is 224 g/mol. The quantitative estimate of drug-likeness (QED) is 0.881. The van der Waals surface area contributed by atoms with Gasteiger partial charge in [-0.1, -0.05) is 13.0 Å². The van der Waals surface area contributed by atoms with E-state index in [-0.39, 0.29) is 6.04 Å². The van der Waals surface area contributed by atoms with Crippen molar-refractivity contribution in [2.45, 2.75) is 26.8 Å². The van der Waals surface area contributed by atoms with E-state index in [0.717, 1.165) is 49.8 Å². The van der Waals surface area contributed by atoms with Gasteiger partial charge in [-0.3, -0.25) is 0 Å². The number of aromatic nitrogens is 1. The van der Waals surface area contributed by atoms with Gasteiger partial charge in [0.25, 0.3) is 0 Å². The third-order valence-electron chi connectivity index (χ3n) is 3.75. The van der Waals surface area contributed by atoms with Crippen LogP contribution in [0, 0.1) is 6.92 Å². The predicted molar refractivity (Wildman–Crippen MR) is 75.9 cm³/mol. The van der Waals surface area contributed by atoms with Crippen molar-refractivity contribution in [1.82, 2.24) is 9.88 Å². The Hall–Kier alpha value is -1.13. The van der Waals surface area contributed by atoms with Crippen LogP contribution < -0.4 is 10.6 Å². The minimum Gasteiger partial charge on any atom is -0.354 e. The van der Waals surface area contributed by atoms with Crippen molar-refractivity contribution in [3.63, 3.8) is 0 Å². The lowest BCUT2D eigenvalue weighted by Gasteiger charge is -2.35. The molecule has 0 amide bonds. The molecule has 1 aromatic rings. The minimum atomic E-state index is 0.0588. The van der Waals surface area contributed by atoms with Gasteiger partial charge >= 0.3 is 0 Å². The smallest absolute Gasteiger partial charge is 0.128 e. The lowest BCUT2D eigenvalue weighted by molar-refractivity contribution is 0.270. The van der Waals surface area contributed by atoms with Crippen LogP contribution in [0.25, 0.3) is 0 Å². The maximum absolute atomic E-state index is 5.92. The molecule has 0 bridgehead atoms. The van der Waals surface area contributed by atoms with Crippen molar-refractivity contribution in [3.8, 4) is 0 Å². The molecule has 0 aromatic carbocycles. The summed E-state index contributed by atoms with van der Waals surface area (Å²) in [6.45, 7) is 11.8. The fourth-order valence-corrected chi connectivity index (χ4v) is 2.51. The number of rotatable bonds is 3. The van der Waals surface area contributed by atoms with Gasteiger partial charge in [0.1, 0.15) is 5.82 Å². The summed E-state index contributed by atoms with van der Waals surface area (Å²) in [4.78, 5) is 9.53. The largest absolute Gasteiger partial charge is 0.354 e. The minimum absolute atomic E-state index is 0.0588. The molecule has 0 aliphatic carbocycles. The summed E-state index contributed by atoms with van der Waals surface area (Å²) < 4.78 is 0. The number of piperazine rings is 1. The average Bonchev–Trinajstić information content (AvgIpc) is 2.38. The molecule has 2 N–H and O–H groups in total. The number of hydrogen-bond donors (Lipinski definition) is 1. The Labute approximate surface area is 110 Å². The van der Waals surface area contributed by atoms with Gasteiger partial charge in [0.05, 0.1) is 0 Å². The number of likely N-dealkylation sites (N-methyl/N-ethyl adjacent to an activating group) is 1. The van der Waals surface area contributed by atoms with Crippen molar-refractivity contribution in [2.75, 3.05) is 37.6 Å². The first-order valence-corrected chi connectivity index (χ1v) is 6.82. The van der Waals surface area contributed by atoms with Crippen LogP contribution in [0.5, 0.6) is 0 Å². The molecule has 1 aliphatic heterocycles. The second kappa shape index (κ2) is 5.67. The van der Waals surface area contributed by atoms with E-state index in [1.807, 2.05) is 13.8 Å². The SMILES string of the molecule is CCN1CCN(c2ccc([C@H](C)N)c(C)n2)CC1. The van der Waals surface area contributed by atoms with E-state index in [2.05, 4.69) is 28.9 Å². The molecule has 2 heterocycles. The zero-order chi connectivity index (χ0) is 13.1. The molecule has 0 saturated carbocycles. The molecule has 0 spiro atoms. The molecule has 2 rings (SSSR count). The molecule has 4 heteroatoms. The Kier molecular flexibility index (Phi) is 4.19. The molecule has 18 heavy (non-hydrogen) atoms. The number of hydrogen-bond acceptors (Lipinski definition) is 4. The standard InChI is InChI=1S/C14H24N4/c1-4-17-7-9-18(10-8-17)14-6-5-13(11(2)15)12(3)16-14/h5-6,11H,4,7-10,15H2,1-3H3/t11-/m0/s1. The van der Waals surface area contributed by atoms with E-state index in [0.29, 0.717) is 0 Å². The van der Waals surface area contributed by atoms with E-state index in [1.54, 1.807) is 0 Å². The summed E-state index contributed by atoms with van der Waals surface area (Å²) in [7, 11) is 0. The maximum atomic E-state index is 5.92. The predicted octanol–water partition coefficient (Wildman–Crippen LogP) is 1.55. The van der Waals surface area contributed by atoms with E-state index in [1.165, 1.54) is 0 Å². The summed E-state index contributed by atoms with van der Waals surface area (Å²) in [5.74, 6) is 1.09. The van der Waals surface area contributed by atoms with Crippen LogP contribution in [0.3, 0.4) is 0 Å². The summed E-state index contributed by atoms with van der Waals surface area (Å²) in [5, 5.41) is 0. The molecule has 1 saturated heterocycles. The number of aryl methyl sites for hydroxylation is 1. The highest BCUT2D eigenvalue weighted by molar-refractivity contribution is 5.42. The first kappa shape index (κ1) is 13.3. The van der Waals surface area contributed by atoms with E-state index in [9.17, 15) is 0 Å². The Bertz CT molecular complexity index is 395. The van der Waals surface area contributed by atoms with Crippen LogP contribution in [0.4, 0.5) is 5.82 Å². The zero-order valence-electron chi connectivity index (χ0n) is 11.7. The molecular formula is C14H24N4. The van der Waals surface area contributed by atoms with Gasteiger partial charge < -0.3 is 15.5 Å². The third-order valence-corrected chi connectivity index (χ3v) is 3.75. The van der Waals surface area contributed by atoms with Crippen molar-refractivity contribution in [3.05, 3.63) is 23.4 Å². The van der Waals surface area contributed by atoms with E-state index < -0.39 is 0 Å². The molecule has 1 fully saturated rings. The van der Waals surface area contributed by atoms with Gasteiger partial charge in [0.2, 0.25) is 0 Å². The summed E-state index contributed by atoms with van der Waals surface area (Å²) in [5.41, 5.74) is 8.12. The van der Waals surface area contributed by atoms with Crippen molar-refractivity contribution in [1.29, 1.82) is 0 Å². The number of anilines is 1. The van der Waals surface area contributed by atoms with Crippen LogP contribution in [0.15, 0.2) is 12.1 Å². The van der Waals surface area contributed by atoms with E-state index in [4.69, 9.17) is 10.7 Å². The summed E-state index contributed by atoms with van der Waals surface area (Å²) >= 11 is 0. The molecule has 1 atom stereocenters. The highest BCUT2D eigenvalue weighted by atomic mass is 15.3. The molecule has 100 valence electrons.